The summed E-state index contributed by atoms with van der Waals surface area (Å²) >= 11 is 1.58. The summed E-state index contributed by atoms with van der Waals surface area (Å²) in [5.74, 6) is -0.895. The van der Waals surface area contributed by atoms with Crippen LogP contribution in [0.3, 0.4) is 0 Å². The molecule has 130 valence electrons. The van der Waals surface area contributed by atoms with Gasteiger partial charge in [-0.05, 0) is 61.8 Å². The second-order valence-corrected chi connectivity index (χ2v) is 7.96. The highest BCUT2D eigenvalue weighted by Gasteiger charge is 2.24. The SMILES string of the molecule is CCCc1nc2sc(C)c(-c3ccc4c(c3)CCCC4)n2c1C(=O)O. The van der Waals surface area contributed by atoms with Gasteiger partial charge in [0.15, 0.2) is 10.7 Å². The van der Waals surface area contributed by atoms with Crippen LogP contribution in [-0.2, 0) is 19.3 Å². The van der Waals surface area contributed by atoms with E-state index in [9.17, 15) is 9.90 Å². The highest BCUT2D eigenvalue weighted by molar-refractivity contribution is 7.17. The predicted octanol–water partition coefficient (Wildman–Crippen LogP) is 4.90. The van der Waals surface area contributed by atoms with Crippen LogP contribution in [0.5, 0.6) is 0 Å². The molecule has 25 heavy (non-hydrogen) atoms. The largest absolute Gasteiger partial charge is 0.477 e. The zero-order valence-electron chi connectivity index (χ0n) is 14.6. The van der Waals surface area contributed by atoms with E-state index in [1.165, 1.54) is 24.0 Å². The second-order valence-electron chi connectivity index (χ2n) is 6.78. The molecule has 1 aliphatic carbocycles. The van der Waals surface area contributed by atoms with Crippen molar-refractivity contribution in [2.75, 3.05) is 0 Å². The zero-order valence-corrected chi connectivity index (χ0v) is 15.4. The smallest absolute Gasteiger partial charge is 0.354 e. The van der Waals surface area contributed by atoms with Gasteiger partial charge in [-0.15, -0.1) is 11.3 Å². The fourth-order valence-corrected chi connectivity index (χ4v) is 4.91. The summed E-state index contributed by atoms with van der Waals surface area (Å²) < 4.78 is 1.86. The minimum atomic E-state index is -0.895. The van der Waals surface area contributed by atoms with Gasteiger partial charge in [0, 0.05) is 4.88 Å². The number of carbonyl (C=O) groups is 1. The maximum absolute atomic E-state index is 11.9. The molecule has 3 aromatic rings. The zero-order chi connectivity index (χ0) is 17.6. The van der Waals surface area contributed by atoms with Gasteiger partial charge in [-0.25, -0.2) is 9.78 Å². The molecule has 0 amide bonds. The molecule has 4 rings (SSSR count). The Balaban J connectivity index is 1.95. The molecule has 5 heteroatoms. The van der Waals surface area contributed by atoms with Gasteiger partial charge in [0.05, 0.1) is 11.4 Å². The van der Waals surface area contributed by atoms with Crippen molar-refractivity contribution in [3.8, 4) is 11.3 Å². The van der Waals surface area contributed by atoms with E-state index in [4.69, 9.17) is 0 Å². The third kappa shape index (κ3) is 2.67. The Morgan fingerprint density at radius 3 is 2.76 bits per heavy atom. The Labute approximate surface area is 151 Å². The number of imidazole rings is 1. The normalized spacial score (nSPS) is 14.0. The fourth-order valence-electron chi connectivity index (χ4n) is 3.91. The van der Waals surface area contributed by atoms with Gasteiger partial charge in [0.2, 0.25) is 0 Å². The van der Waals surface area contributed by atoms with Crippen molar-refractivity contribution in [2.24, 2.45) is 0 Å². The van der Waals surface area contributed by atoms with Gasteiger partial charge in [-0.3, -0.25) is 4.40 Å². The summed E-state index contributed by atoms with van der Waals surface area (Å²) in [7, 11) is 0. The van der Waals surface area contributed by atoms with E-state index in [1.54, 1.807) is 11.3 Å². The van der Waals surface area contributed by atoms with Crippen molar-refractivity contribution in [3.63, 3.8) is 0 Å². The minimum Gasteiger partial charge on any atom is -0.477 e. The van der Waals surface area contributed by atoms with Gasteiger partial charge < -0.3 is 5.11 Å². The topological polar surface area (TPSA) is 54.6 Å². The summed E-state index contributed by atoms with van der Waals surface area (Å²) in [5, 5.41) is 9.80. The predicted molar refractivity (Wildman–Crippen MR) is 101 cm³/mol. The molecule has 0 saturated carbocycles. The second kappa shape index (κ2) is 6.30. The van der Waals surface area contributed by atoms with E-state index in [0.29, 0.717) is 17.8 Å². The lowest BCUT2D eigenvalue weighted by Gasteiger charge is -2.17. The Morgan fingerprint density at radius 2 is 2.04 bits per heavy atom. The summed E-state index contributed by atoms with van der Waals surface area (Å²) in [6.45, 7) is 4.11. The lowest BCUT2D eigenvalue weighted by atomic mass is 9.90. The van der Waals surface area contributed by atoms with Crippen LogP contribution in [0.2, 0.25) is 0 Å². The summed E-state index contributed by atoms with van der Waals surface area (Å²) in [6, 6.07) is 6.62. The summed E-state index contributed by atoms with van der Waals surface area (Å²) in [4.78, 5) is 18.5. The molecule has 0 spiro atoms. The number of benzene rings is 1. The number of thiazole rings is 1. The molecular weight excluding hydrogens is 332 g/mol. The van der Waals surface area contributed by atoms with Crippen molar-refractivity contribution >= 4 is 22.3 Å². The number of aromatic carboxylic acids is 1. The Bertz CT molecular complexity index is 968. The molecule has 0 radical (unpaired) electrons. The van der Waals surface area contributed by atoms with Crippen molar-refractivity contribution in [1.29, 1.82) is 0 Å². The first kappa shape index (κ1) is 16.3. The number of aromatic nitrogens is 2. The van der Waals surface area contributed by atoms with Crippen LogP contribution in [0.1, 0.15) is 58.4 Å². The monoisotopic (exact) mass is 354 g/mol. The van der Waals surface area contributed by atoms with Gasteiger partial charge in [-0.1, -0.05) is 25.5 Å². The molecular formula is C20H22N2O2S. The molecule has 2 aromatic heterocycles. The molecule has 0 fully saturated rings. The van der Waals surface area contributed by atoms with Gasteiger partial charge in [-0.2, -0.15) is 0 Å². The van der Waals surface area contributed by atoms with Crippen molar-refractivity contribution in [3.05, 3.63) is 45.6 Å². The molecule has 0 atom stereocenters. The minimum absolute atomic E-state index is 0.328. The van der Waals surface area contributed by atoms with Crippen LogP contribution in [-0.4, -0.2) is 20.5 Å². The quantitative estimate of drug-likeness (QED) is 0.725. The van der Waals surface area contributed by atoms with Crippen LogP contribution in [0.15, 0.2) is 18.2 Å². The Hall–Kier alpha value is -2.14. The van der Waals surface area contributed by atoms with Crippen molar-refractivity contribution < 1.29 is 9.90 Å². The van der Waals surface area contributed by atoms with Crippen LogP contribution >= 0.6 is 11.3 Å². The van der Waals surface area contributed by atoms with Crippen LogP contribution in [0.25, 0.3) is 16.2 Å². The fraction of sp³-hybridized carbons (Fsp3) is 0.400. The summed E-state index contributed by atoms with van der Waals surface area (Å²) in [6.07, 6.45) is 6.35. The molecule has 0 unspecified atom stereocenters. The van der Waals surface area contributed by atoms with E-state index in [1.807, 2.05) is 4.40 Å². The maximum Gasteiger partial charge on any atom is 0.354 e. The highest BCUT2D eigenvalue weighted by atomic mass is 32.1. The molecule has 2 heterocycles. The number of carboxylic acids is 1. The summed E-state index contributed by atoms with van der Waals surface area (Å²) in [5.41, 5.74) is 5.96. The molecule has 1 N–H and O–H groups in total. The first-order chi connectivity index (χ1) is 12.1. The molecule has 0 bridgehead atoms. The maximum atomic E-state index is 11.9. The number of rotatable bonds is 4. The number of fused-ring (bicyclic) bond motifs is 2. The number of hydrogen-bond donors (Lipinski definition) is 1. The highest BCUT2D eigenvalue weighted by Crippen LogP contribution is 2.35. The van der Waals surface area contributed by atoms with E-state index in [2.05, 4.69) is 37.0 Å². The molecule has 1 aliphatic rings. The number of carboxylic acid groups (broad SMARTS) is 1. The number of aryl methyl sites for hydroxylation is 4. The van der Waals surface area contributed by atoms with E-state index >= 15 is 0 Å². The van der Waals surface area contributed by atoms with Gasteiger partial charge in [0.1, 0.15) is 0 Å². The Kier molecular flexibility index (Phi) is 4.12. The lowest BCUT2D eigenvalue weighted by Crippen LogP contribution is -2.07. The first-order valence-corrected chi connectivity index (χ1v) is 9.78. The van der Waals surface area contributed by atoms with E-state index in [0.717, 1.165) is 40.4 Å². The van der Waals surface area contributed by atoms with Gasteiger partial charge in [0.25, 0.3) is 0 Å². The molecule has 1 aromatic carbocycles. The van der Waals surface area contributed by atoms with Crippen LogP contribution < -0.4 is 0 Å². The third-order valence-corrected chi connectivity index (χ3v) is 5.99. The average Bonchev–Trinajstić information content (AvgIpc) is 3.08. The first-order valence-electron chi connectivity index (χ1n) is 8.96. The van der Waals surface area contributed by atoms with Crippen LogP contribution in [0, 0.1) is 6.92 Å². The van der Waals surface area contributed by atoms with E-state index in [-0.39, 0.29) is 0 Å². The van der Waals surface area contributed by atoms with Crippen molar-refractivity contribution in [2.45, 2.75) is 52.4 Å². The van der Waals surface area contributed by atoms with E-state index < -0.39 is 5.97 Å². The standard InChI is InChI=1S/C20H22N2O2S/c1-3-6-16-18(19(23)24)22-17(12(2)25-20(22)21-16)15-10-9-13-7-4-5-8-14(13)11-15/h9-11H,3-8H2,1-2H3,(H,23,24). The number of nitrogens with zero attached hydrogens (tertiary/aromatic N) is 2. The van der Waals surface area contributed by atoms with Crippen molar-refractivity contribution in [1.82, 2.24) is 9.38 Å². The Morgan fingerprint density at radius 1 is 1.28 bits per heavy atom. The molecule has 0 saturated heterocycles. The van der Waals surface area contributed by atoms with Gasteiger partial charge >= 0.3 is 5.97 Å². The average molecular weight is 354 g/mol. The third-order valence-electron chi connectivity index (χ3n) is 5.03. The lowest BCUT2D eigenvalue weighted by molar-refractivity contribution is 0.0688. The number of hydrogen-bond acceptors (Lipinski definition) is 3. The van der Waals surface area contributed by atoms with Crippen LogP contribution in [0.4, 0.5) is 0 Å². The molecule has 4 nitrogen and oxygen atoms in total. The molecule has 0 aliphatic heterocycles.